The number of rotatable bonds is 2. The molecule has 0 amide bonds. The van der Waals surface area contributed by atoms with Crippen molar-refractivity contribution in [1.29, 1.82) is 0 Å². The van der Waals surface area contributed by atoms with Gasteiger partial charge in [-0.15, -0.1) is 0 Å². The Balaban J connectivity index is 2.02. The Hall–Kier alpha value is -0.600. The van der Waals surface area contributed by atoms with Crippen molar-refractivity contribution in [1.82, 2.24) is 9.88 Å². The monoisotopic (exact) mass is 238 g/mol. The van der Waals surface area contributed by atoms with Gasteiger partial charge in [0, 0.05) is 23.8 Å². The topological polar surface area (TPSA) is 16.1 Å². The van der Waals surface area contributed by atoms with Crippen LogP contribution in [0.4, 0.5) is 0 Å². The SMILES string of the molecule is CC1CCCCCN1Cc1cc(Cl)ccn1. The third-order valence-corrected chi connectivity index (χ3v) is 3.57. The van der Waals surface area contributed by atoms with Crippen molar-refractivity contribution < 1.29 is 0 Å². The molecule has 1 aromatic heterocycles. The van der Waals surface area contributed by atoms with Crippen LogP contribution in [-0.4, -0.2) is 22.5 Å². The van der Waals surface area contributed by atoms with Gasteiger partial charge in [0.1, 0.15) is 0 Å². The van der Waals surface area contributed by atoms with Crippen LogP contribution in [0.5, 0.6) is 0 Å². The molecule has 1 aliphatic heterocycles. The van der Waals surface area contributed by atoms with Crippen molar-refractivity contribution in [2.75, 3.05) is 6.54 Å². The van der Waals surface area contributed by atoms with E-state index >= 15 is 0 Å². The van der Waals surface area contributed by atoms with Gasteiger partial charge in [0.2, 0.25) is 0 Å². The first kappa shape index (κ1) is 11.9. The maximum atomic E-state index is 5.97. The van der Waals surface area contributed by atoms with Gasteiger partial charge in [-0.3, -0.25) is 9.88 Å². The van der Waals surface area contributed by atoms with E-state index in [0.29, 0.717) is 6.04 Å². The van der Waals surface area contributed by atoms with Gasteiger partial charge in [0.25, 0.3) is 0 Å². The first-order chi connectivity index (χ1) is 7.75. The van der Waals surface area contributed by atoms with Crippen molar-refractivity contribution in [3.05, 3.63) is 29.0 Å². The van der Waals surface area contributed by atoms with E-state index in [1.807, 2.05) is 12.1 Å². The van der Waals surface area contributed by atoms with Crippen molar-refractivity contribution in [2.45, 2.75) is 45.2 Å². The zero-order chi connectivity index (χ0) is 11.4. The van der Waals surface area contributed by atoms with Crippen LogP contribution in [0.15, 0.2) is 18.3 Å². The van der Waals surface area contributed by atoms with Crippen LogP contribution in [0.3, 0.4) is 0 Å². The molecule has 0 aromatic carbocycles. The molecule has 3 heteroatoms. The summed E-state index contributed by atoms with van der Waals surface area (Å²) in [5, 5.41) is 0.785. The van der Waals surface area contributed by atoms with Crippen LogP contribution in [-0.2, 0) is 6.54 Å². The van der Waals surface area contributed by atoms with Gasteiger partial charge in [0.15, 0.2) is 0 Å². The van der Waals surface area contributed by atoms with E-state index in [0.717, 1.165) is 17.3 Å². The summed E-state index contributed by atoms with van der Waals surface area (Å²) >= 11 is 5.97. The van der Waals surface area contributed by atoms with Crippen molar-refractivity contribution in [3.8, 4) is 0 Å². The van der Waals surface area contributed by atoms with E-state index < -0.39 is 0 Å². The zero-order valence-corrected chi connectivity index (χ0v) is 10.6. The average Bonchev–Trinajstić information content (AvgIpc) is 2.45. The molecule has 16 heavy (non-hydrogen) atoms. The molecule has 1 saturated heterocycles. The second-order valence-electron chi connectivity index (χ2n) is 4.63. The molecule has 1 atom stereocenters. The number of nitrogens with zero attached hydrogens (tertiary/aromatic N) is 2. The van der Waals surface area contributed by atoms with Gasteiger partial charge < -0.3 is 0 Å². The lowest BCUT2D eigenvalue weighted by atomic mass is 10.1. The predicted molar refractivity (Wildman–Crippen MR) is 67.6 cm³/mol. The number of likely N-dealkylation sites (tertiary alicyclic amines) is 1. The van der Waals surface area contributed by atoms with Crippen LogP contribution in [0.1, 0.15) is 38.3 Å². The molecular formula is C13H19ClN2. The van der Waals surface area contributed by atoms with Gasteiger partial charge in [-0.05, 0) is 38.4 Å². The van der Waals surface area contributed by atoms with Gasteiger partial charge in [-0.2, -0.15) is 0 Å². The van der Waals surface area contributed by atoms with Gasteiger partial charge >= 0.3 is 0 Å². The van der Waals surface area contributed by atoms with E-state index in [4.69, 9.17) is 11.6 Å². The standard InChI is InChI=1S/C13H19ClN2/c1-11-5-3-2-4-8-16(11)10-13-9-12(14)6-7-15-13/h6-7,9,11H,2-5,8,10H2,1H3. The minimum Gasteiger partial charge on any atom is -0.295 e. The summed E-state index contributed by atoms with van der Waals surface area (Å²) in [5.41, 5.74) is 1.08. The Bertz CT molecular complexity index is 340. The van der Waals surface area contributed by atoms with Gasteiger partial charge in [-0.1, -0.05) is 24.4 Å². The minimum absolute atomic E-state index is 0.670. The Morgan fingerprint density at radius 1 is 1.44 bits per heavy atom. The van der Waals surface area contributed by atoms with E-state index in [-0.39, 0.29) is 0 Å². The summed E-state index contributed by atoms with van der Waals surface area (Å²) in [5.74, 6) is 0. The summed E-state index contributed by atoms with van der Waals surface area (Å²) in [7, 11) is 0. The second kappa shape index (κ2) is 5.65. The third-order valence-electron chi connectivity index (χ3n) is 3.33. The van der Waals surface area contributed by atoms with Crippen LogP contribution in [0.25, 0.3) is 0 Å². The van der Waals surface area contributed by atoms with Crippen LogP contribution >= 0.6 is 11.6 Å². The van der Waals surface area contributed by atoms with Crippen LogP contribution in [0, 0.1) is 0 Å². The van der Waals surface area contributed by atoms with Crippen LogP contribution < -0.4 is 0 Å². The highest BCUT2D eigenvalue weighted by Gasteiger charge is 2.17. The normalized spacial score (nSPS) is 23.0. The lowest BCUT2D eigenvalue weighted by Gasteiger charge is -2.26. The Kier molecular flexibility index (Phi) is 4.19. The fourth-order valence-corrected chi connectivity index (χ4v) is 2.49. The molecule has 2 heterocycles. The van der Waals surface area contributed by atoms with E-state index in [9.17, 15) is 0 Å². The fraction of sp³-hybridized carbons (Fsp3) is 0.615. The molecule has 1 aromatic rings. The molecule has 0 spiro atoms. The van der Waals surface area contributed by atoms with Crippen molar-refractivity contribution in [3.63, 3.8) is 0 Å². The largest absolute Gasteiger partial charge is 0.295 e. The first-order valence-electron chi connectivity index (χ1n) is 6.10. The number of halogens is 1. The molecule has 0 bridgehead atoms. The predicted octanol–water partition coefficient (Wildman–Crippen LogP) is 3.50. The average molecular weight is 239 g/mol. The van der Waals surface area contributed by atoms with Crippen molar-refractivity contribution in [2.24, 2.45) is 0 Å². The molecule has 1 aliphatic rings. The Labute approximate surface area is 103 Å². The molecule has 0 aliphatic carbocycles. The highest BCUT2D eigenvalue weighted by Crippen LogP contribution is 2.19. The molecule has 1 unspecified atom stereocenters. The number of pyridine rings is 1. The molecule has 2 nitrogen and oxygen atoms in total. The molecule has 88 valence electrons. The number of hydrogen-bond acceptors (Lipinski definition) is 2. The highest BCUT2D eigenvalue weighted by molar-refractivity contribution is 6.30. The van der Waals surface area contributed by atoms with Gasteiger partial charge in [-0.25, -0.2) is 0 Å². The second-order valence-corrected chi connectivity index (χ2v) is 5.07. The summed E-state index contributed by atoms with van der Waals surface area (Å²) < 4.78 is 0. The third kappa shape index (κ3) is 3.19. The van der Waals surface area contributed by atoms with Crippen LogP contribution in [0.2, 0.25) is 5.02 Å². The summed E-state index contributed by atoms with van der Waals surface area (Å²) in [6.45, 7) is 4.44. The lowest BCUT2D eigenvalue weighted by molar-refractivity contribution is 0.202. The maximum absolute atomic E-state index is 5.97. The lowest BCUT2D eigenvalue weighted by Crippen LogP contribution is -2.32. The van der Waals surface area contributed by atoms with E-state index in [1.54, 1.807) is 6.20 Å². The van der Waals surface area contributed by atoms with Crippen molar-refractivity contribution >= 4 is 11.6 Å². The smallest absolute Gasteiger partial charge is 0.0558 e. The highest BCUT2D eigenvalue weighted by atomic mass is 35.5. The first-order valence-corrected chi connectivity index (χ1v) is 6.48. The zero-order valence-electron chi connectivity index (χ0n) is 9.82. The molecule has 0 radical (unpaired) electrons. The summed E-state index contributed by atoms with van der Waals surface area (Å²) in [6, 6.07) is 4.47. The Morgan fingerprint density at radius 2 is 2.31 bits per heavy atom. The van der Waals surface area contributed by atoms with Gasteiger partial charge in [0.05, 0.1) is 5.69 Å². The molecule has 2 rings (SSSR count). The maximum Gasteiger partial charge on any atom is 0.0558 e. The van der Waals surface area contributed by atoms with E-state index in [2.05, 4.69) is 16.8 Å². The number of hydrogen-bond donors (Lipinski definition) is 0. The van der Waals surface area contributed by atoms with E-state index in [1.165, 1.54) is 32.2 Å². The molecule has 0 saturated carbocycles. The quantitative estimate of drug-likeness (QED) is 0.784. The summed E-state index contributed by atoms with van der Waals surface area (Å²) in [6.07, 6.45) is 7.14. The summed E-state index contributed by atoms with van der Waals surface area (Å²) in [4.78, 5) is 6.89. The molecule has 1 fully saturated rings. The fourth-order valence-electron chi connectivity index (χ4n) is 2.31. The molecular weight excluding hydrogens is 220 g/mol. The minimum atomic E-state index is 0.670. The Morgan fingerprint density at radius 3 is 3.12 bits per heavy atom. The number of aromatic nitrogens is 1. The molecule has 0 N–H and O–H groups in total.